The lowest BCUT2D eigenvalue weighted by molar-refractivity contribution is 0.281. The number of hydrogen-bond acceptors (Lipinski definition) is 2. The molecule has 1 aromatic carbocycles. The molecular weight excluding hydrogens is 200 g/mol. The van der Waals surface area contributed by atoms with E-state index in [0.717, 1.165) is 16.7 Å². The van der Waals surface area contributed by atoms with Crippen LogP contribution in [-0.4, -0.2) is 10.2 Å². The second-order valence-electron chi connectivity index (χ2n) is 5.64. The Hall–Kier alpha value is -1.02. The molecule has 0 amide bonds. The molecule has 0 heterocycles. The highest BCUT2D eigenvalue weighted by Crippen LogP contribution is 2.37. The smallest absolute Gasteiger partial charge is 0.122 e. The van der Waals surface area contributed by atoms with Crippen molar-refractivity contribution in [3.8, 4) is 5.75 Å². The molecule has 0 bridgehead atoms. The van der Waals surface area contributed by atoms with Crippen LogP contribution in [0.5, 0.6) is 5.75 Å². The van der Waals surface area contributed by atoms with Crippen molar-refractivity contribution in [2.75, 3.05) is 0 Å². The standard InChI is InChI=1S/C14H22O2/c1-9(2)11-6-10(8-15)7-12(13(11)16)14(3,4)5/h6-7,9,15-16H,8H2,1-5H3. The van der Waals surface area contributed by atoms with Crippen molar-refractivity contribution >= 4 is 0 Å². The van der Waals surface area contributed by atoms with Gasteiger partial charge in [-0.05, 0) is 40.2 Å². The highest BCUT2D eigenvalue weighted by Gasteiger charge is 2.22. The predicted octanol–water partition coefficient (Wildman–Crippen LogP) is 3.31. The second kappa shape index (κ2) is 4.46. The molecule has 0 aliphatic carbocycles. The van der Waals surface area contributed by atoms with Crippen molar-refractivity contribution in [1.29, 1.82) is 0 Å². The third kappa shape index (κ3) is 2.56. The first-order valence-electron chi connectivity index (χ1n) is 5.74. The van der Waals surface area contributed by atoms with Crippen LogP contribution < -0.4 is 0 Å². The van der Waals surface area contributed by atoms with Crippen molar-refractivity contribution in [2.24, 2.45) is 0 Å². The molecule has 1 rings (SSSR count). The summed E-state index contributed by atoms with van der Waals surface area (Å²) in [5, 5.41) is 19.5. The normalized spacial score (nSPS) is 12.2. The fourth-order valence-electron chi connectivity index (χ4n) is 1.82. The van der Waals surface area contributed by atoms with E-state index in [4.69, 9.17) is 0 Å². The summed E-state index contributed by atoms with van der Waals surface area (Å²) in [6, 6.07) is 3.77. The van der Waals surface area contributed by atoms with Crippen LogP contribution in [0.2, 0.25) is 0 Å². The Balaban J connectivity index is 3.44. The monoisotopic (exact) mass is 222 g/mol. The molecule has 2 N–H and O–H groups in total. The van der Waals surface area contributed by atoms with Gasteiger partial charge in [0.2, 0.25) is 0 Å². The zero-order valence-electron chi connectivity index (χ0n) is 10.8. The van der Waals surface area contributed by atoms with E-state index in [9.17, 15) is 10.2 Å². The van der Waals surface area contributed by atoms with Crippen LogP contribution in [0.3, 0.4) is 0 Å². The highest BCUT2D eigenvalue weighted by molar-refractivity contribution is 5.48. The number of benzene rings is 1. The number of phenolic OH excluding ortho intramolecular Hbond substituents is 1. The van der Waals surface area contributed by atoms with E-state index in [1.54, 1.807) is 0 Å². The molecule has 0 aliphatic rings. The van der Waals surface area contributed by atoms with Crippen molar-refractivity contribution in [3.63, 3.8) is 0 Å². The van der Waals surface area contributed by atoms with Crippen LogP contribution in [0, 0.1) is 0 Å². The van der Waals surface area contributed by atoms with Crippen molar-refractivity contribution in [3.05, 3.63) is 28.8 Å². The van der Waals surface area contributed by atoms with Gasteiger partial charge in [-0.25, -0.2) is 0 Å². The fraction of sp³-hybridized carbons (Fsp3) is 0.571. The third-order valence-electron chi connectivity index (χ3n) is 2.81. The fourth-order valence-corrected chi connectivity index (χ4v) is 1.82. The molecule has 0 spiro atoms. The van der Waals surface area contributed by atoms with Crippen LogP contribution in [-0.2, 0) is 12.0 Å². The van der Waals surface area contributed by atoms with Crippen LogP contribution in [0.15, 0.2) is 12.1 Å². The SMILES string of the molecule is CC(C)c1cc(CO)cc(C(C)(C)C)c1O. The lowest BCUT2D eigenvalue weighted by Gasteiger charge is -2.24. The highest BCUT2D eigenvalue weighted by atomic mass is 16.3. The first-order chi connectivity index (χ1) is 7.27. The zero-order chi connectivity index (χ0) is 12.5. The minimum Gasteiger partial charge on any atom is -0.507 e. The quantitative estimate of drug-likeness (QED) is 0.806. The molecule has 16 heavy (non-hydrogen) atoms. The maximum Gasteiger partial charge on any atom is 0.122 e. The third-order valence-corrected chi connectivity index (χ3v) is 2.81. The molecule has 0 fully saturated rings. The molecule has 90 valence electrons. The van der Waals surface area contributed by atoms with Gasteiger partial charge < -0.3 is 10.2 Å². The van der Waals surface area contributed by atoms with E-state index in [0.29, 0.717) is 5.75 Å². The molecular formula is C14H22O2. The molecule has 2 heteroatoms. The van der Waals surface area contributed by atoms with Gasteiger partial charge in [0.05, 0.1) is 6.61 Å². The van der Waals surface area contributed by atoms with Gasteiger partial charge >= 0.3 is 0 Å². The van der Waals surface area contributed by atoms with Gasteiger partial charge in [-0.3, -0.25) is 0 Å². The van der Waals surface area contributed by atoms with Gasteiger partial charge in [0.15, 0.2) is 0 Å². The van der Waals surface area contributed by atoms with E-state index in [2.05, 4.69) is 20.8 Å². The maximum absolute atomic E-state index is 10.2. The van der Waals surface area contributed by atoms with Gasteiger partial charge in [0.1, 0.15) is 5.75 Å². The minimum absolute atomic E-state index is 0.0169. The Labute approximate surface area is 97.9 Å². The number of hydrogen-bond donors (Lipinski definition) is 2. The molecule has 0 aromatic heterocycles. The number of aliphatic hydroxyl groups is 1. The molecule has 1 aromatic rings. The summed E-state index contributed by atoms with van der Waals surface area (Å²) >= 11 is 0. The molecule has 2 nitrogen and oxygen atoms in total. The summed E-state index contributed by atoms with van der Waals surface area (Å²) in [6.07, 6.45) is 0. The summed E-state index contributed by atoms with van der Waals surface area (Å²) in [4.78, 5) is 0. The summed E-state index contributed by atoms with van der Waals surface area (Å²) in [6.45, 7) is 10.3. The second-order valence-corrected chi connectivity index (χ2v) is 5.64. The lowest BCUT2D eigenvalue weighted by Crippen LogP contribution is -2.13. The average Bonchev–Trinajstić information content (AvgIpc) is 2.15. The molecule has 0 aliphatic heterocycles. The topological polar surface area (TPSA) is 40.5 Å². The molecule has 0 unspecified atom stereocenters. The number of phenols is 1. The number of rotatable bonds is 2. The van der Waals surface area contributed by atoms with Gasteiger partial charge in [0, 0.05) is 0 Å². The Morgan fingerprint density at radius 2 is 1.75 bits per heavy atom. The van der Waals surface area contributed by atoms with Crippen molar-refractivity contribution in [1.82, 2.24) is 0 Å². The van der Waals surface area contributed by atoms with Crippen LogP contribution >= 0.6 is 0 Å². The molecule has 0 saturated carbocycles. The zero-order valence-corrected chi connectivity index (χ0v) is 10.8. The van der Waals surface area contributed by atoms with E-state index in [1.165, 1.54) is 0 Å². The Kier molecular flexibility index (Phi) is 3.64. The number of aromatic hydroxyl groups is 1. The summed E-state index contributed by atoms with van der Waals surface area (Å²) < 4.78 is 0. The Morgan fingerprint density at radius 3 is 2.12 bits per heavy atom. The molecule has 0 atom stereocenters. The van der Waals surface area contributed by atoms with Gasteiger partial charge in [-0.15, -0.1) is 0 Å². The van der Waals surface area contributed by atoms with Crippen LogP contribution in [0.4, 0.5) is 0 Å². The van der Waals surface area contributed by atoms with E-state index in [-0.39, 0.29) is 17.9 Å². The van der Waals surface area contributed by atoms with E-state index >= 15 is 0 Å². The van der Waals surface area contributed by atoms with Crippen molar-refractivity contribution < 1.29 is 10.2 Å². The van der Waals surface area contributed by atoms with E-state index in [1.807, 2.05) is 26.0 Å². The molecule has 0 radical (unpaired) electrons. The average molecular weight is 222 g/mol. The summed E-state index contributed by atoms with van der Waals surface area (Å²) in [5.41, 5.74) is 2.57. The maximum atomic E-state index is 10.2. The van der Waals surface area contributed by atoms with Crippen LogP contribution in [0.1, 0.15) is 57.2 Å². The Bertz CT molecular complexity index is 373. The van der Waals surface area contributed by atoms with Gasteiger partial charge in [-0.2, -0.15) is 0 Å². The first-order valence-corrected chi connectivity index (χ1v) is 5.74. The number of aliphatic hydroxyl groups excluding tert-OH is 1. The Morgan fingerprint density at radius 1 is 1.19 bits per heavy atom. The van der Waals surface area contributed by atoms with Crippen LogP contribution in [0.25, 0.3) is 0 Å². The summed E-state index contributed by atoms with van der Waals surface area (Å²) in [7, 11) is 0. The first kappa shape index (κ1) is 13.0. The van der Waals surface area contributed by atoms with Gasteiger partial charge in [-0.1, -0.05) is 34.6 Å². The largest absolute Gasteiger partial charge is 0.507 e. The van der Waals surface area contributed by atoms with Crippen molar-refractivity contribution in [2.45, 2.75) is 52.6 Å². The van der Waals surface area contributed by atoms with Gasteiger partial charge in [0.25, 0.3) is 0 Å². The lowest BCUT2D eigenvalue weighted by atomic mass is 9.82. The summed E-state index contributed by atoms with van der Waals surface area (Å²) in [5.74, 6) is 0.632. The minimum atomic E-state index is -0.112. The molecule has 0 saturated heterocycles. The van der Waals surface area contributed by atoms with E-state index < -0.39 is 0 Å². The predicted molar refractivity (Wildman–Crippen MR) is 66.8 cm³/mol.